The third kappa shape index (κ3) is 64.9. The number of hydrogen-bond acceptors (Lipinski definition) is 6. The van der Waals surface area contributed by atoms with Crippen molar-refractivity contribution in [2.45, 2.75) is 329 Å². The molecule has 0 aromatic heterocycles. The lowest BCUT2D eigenvalue weighted by Gasteiger charge is -2.18. The van der Waals surface area contributed by atoms with Crippen LogP contribution in [0.2, 0.25) is 0 Å². The van der Waals surface area contributed by atoms with Crippen molar-refractivity contribution >= 4 is 17.9 Å². The Balaban J connectivity index is 4.32. The molecule has 0 fully saturated rings. The van der Waals surface area contributed by atoms with Gasteiger partial charge in [0.05, 0.1) is 0 Å². The summed E-state index contributed by atoms with van der Waals surface area (Å²) in [5.74, 6) is -0.895. The lowest BCUT2D eigenvalue weighted by atomic mass is 10.0. The van der Waals surface area contributed by atoms with Gasteiger partial charge < -0.3 is 14.2 Å². The average molecular weight is 1110 g/mol. The minimum Gasteiger partial charge on any atom is -0.462 e. The first-order valence-corrected chi connectivity index (χ1v) is 33.9. The van der Waals surface area contributed by atoms with Gasteiger partial charge in [0, 0.05) is 19.3 Å². The van der Waals surface area contributed by atoms with Crippen LogP contribution in [0.4, 0.5) is 0 Å². The summed E-state index contributed by atoms with van der Waals surface area (Å²) in [6.45, 7) is 6.49. The van der Waals surface area contributed by atoms with E-state index in [0.29, 0.717) is 19.3 Å². The van der Waals surface area contributed by atoms with Crippen LogP contribution in [0.1, 0.15) is 323 Å². The van der Waals surface area contributed by atoms with Gasteiger partial charge in [0.15, 0.2) is 6.10 Å². The SMILES string of the molecule is CC/C=C\C/C=C\C/C=C\C/C=C\C/C=C\C/C=C\CCCCCCCCCCCCC(=O)OCC(COC(=O)CCCCCCC/C=C\C/C=C\CCCC)OC(=O)CCCCCCCCCCC/C=C\CCCCCCCC. The summed E-state index contributed by atoms with van der Waals surface area (Å²) >= 11 is 0. The average Bonchev–Trinajstić information content (AvgIpc) is 3.46. The Morgan fingerprint density at radius 2 is 0.500 bits per heavy atom. The molecule has 0 bridgehead atoms. The summed E-state index contributed by atoms with van der Waals surface area (Å²) < 4.78 is 16.9. The summed E-state index contributed by atoms with van der Waals surface area (Å²) in [6.07, 6.45) is 92.4. The van der Waals surface area contributed by atoms with Crippen LogP contribution in [-0.4, -0.2) is 37.2 Å². The predicted molar refractivity (Wildman–Crippen MR) is 348 cm³/mol. The van der Waals surface area contributed by atoms with E-state index in [1.807, 2.05) is 0 Å². The Bertz CT molecular complexity index is 1610. The second kappa shape index (κ2) is 67.6. The van der Waals surface area contributed by atoms with E-state index in [2.05, 4.69) is 130 Å². The highest BCUT2D eigenvalue weighted by Gasteiger charge is 2.19. The van der Waals surface area contributed by atoms with Crippen LogP contribution in [-0.2, 0) is 28.6 Å². The fraction of sp³-hybridized carbons (Fsp3) is 0.716. The maximum absolute atomic E-state index is 12.9. The fourth-order valence-corrected chi connectivity index (χ4v) is 9.40. The number of rotatable bonds is 61. The highest BCUT2D eigenvalue weighted by atomic mass is 16.6. The van der Waals surface area contributed by atoms with Gasteiger partial charge in [0.2, 0.25) is 0 Å². The standard InChI is InChI=1S/C74H126O6/c1-4-7-10-13-16-19-22-25-28-30-32-33-34-35-36-37-38-39-40-41-43-44-46-49-52-55-58-61-64-67-73(76)79-70-71(69-78-72(75)66-63-60-57-54-51-48-27-24-21-18-15-12-9-6-3)80-74(77)68-65-62-59-56-53-50-47-45-42-31-29-26-23-20-17-14-11-8-5-2/h7,10,15-16,18-19,24-29,32-33,35-36,38-39,71H,4-6,8-9,11-14,17,20-23,30-31,34,37,40-70H2,1-3H3/b10-7-,18-15-,19-16-,27-24-,28-25-,29-26-,33-32-,36-35-,39-38-. The van der Waals surface area contributed by atoms with Gasteiger partial charge in [-0.2, -0.15) is 0 Å². The molecular weight excluding hydrogens is 985 g/mol. The maximum atomic E-state index is 12.9. The quantitative estimate of drug-likeness (QED) is 0.0261. The van der Waals surface area contributed by atoms with Gasteiger partial charge in [-0.05, 0) is 122 Å². The normalized spacial score (nSPS) is 12.8. The van der Waals surface area contributed by atoms with E-state index in [1.54, 1.807) is 0 Å². The Morgan fingerprint density at radius 3 is 0.812 bits per heavy atom. The lowest BCUT2D eigenvalue weighted by molar-refractivity contribution is -0.167. The highest BCUT2D eigenvalue weighted by Crippen LogP contribution is 2.16. The molecule has 0 N–H and O–H groups in total. The lowest BCUT2D eigenvalue weighted by Crippen LogP contribution is -2.30. The van der Waals surface area contributed by atoms with Crippen LogP contribution < -0.4 is 0 Å². The Labute approximate surface area is 495 Å². The monoisotopic (exact) mass is 1110 g/mol. The zero-order chi connectivity index (χ0) is 57.8. The van der Waals surface area contributed by atoms with E-state index < -0.39 is 6.10 Å². The van der Waals surface area contributed by atoms with Crippen LogP contribution in [0.5, 0.6) is 0 Å². The first kappa shape index (κ1) is 76.1. The molecule has 458 valence electrons. The minimum absolute atomic E-state index is 0.0850. The molecule has 80 heavy (non-hydrogen) atoms. The highest BCUT2D eigenvalue weighted by molar-refractivity contribution is 5.71. The van der Waals surface area contributed by atoms with Gasteiger partial charge in [0.25, 0.3) is 0 Å². The van der Waals surface area contributed by atoms with Crippen LogP contribution in [0.15, 0.2) is 109 Å². The summed E-state index contributed by atoms with van der Waals surface area (Å²) in [7, 11) is 0. The largest absolute Gasteiger partial charge is 0.462 e. The summed E-state index contributed by atoms with van der Waals surface area (Å²) in [5.41, 5.74) is 0. The second-order valence-corrected chi connectivity index (χ2v) is 22.3. The van der Waals surface area contributed by atoms with E-state index in [0.717, 1.165) is 122 Å². The molecule has 0 radical (unpaired) electrons. The number of hydrogen-bond donors (Lipinski definition) is 0. The third-order valence-corrected chi connectivity index (χ3v) is 14.5. The van der Waals surface area contributed by atoms with Gasteiger partial charge in [-0.15, -0.1) is 0 Å². The van der Waals surface area contributed by atoms with E-state index in [1.165, 1.54) is 161 Å². The molecule has 0 aliphatic carbocycles. The number of allylic oxidation sites excluding steroid dienone is 18. The van der Waals surface area contributed by atoms with E-state index in [4.69, 9.17) is 14.2 Å². The van der Waals surface area contributed by atoms with Crippen LogP contribution in [0.25, 0.3) is 0 Å². The van der Waals surface area contributed by atoms with Crippen LogP contribution in [0, 0.1) is 0 Å². The molecule has 0 aliphatic rings. The topological polar surface area (TPSA) is 78.9 Å². The molecule has 0 spiro atoms. The molecule has 1 atom stereocenters. The van der Waals surface area contributed by atoms with Gasteiger partial charge in [-0.3, -0.25) is 14.4 Å². The minimum atomic E-state index is -0.789. The molecule has 6 heteroatoms. The van der Waals surface area contributed by atoms with Crippen molar-refractivity contribution in [3.05, 3.63) is 109 Å². The molecular formula is C74H126O6. The van der Waals surface area contributed by atoms with Crippen molar-refractivity contribution in [3.8, 4) is 0 Å². The zero-order valence-electron chi connectivity index (χ0n) is 52.6. The second-order valence-electron chi connectivity index (χ2n) is 22.3. The van der Waals surface area contributed by atoms with Crippen molar-refractivity contribution in [2.75, 3.05) is 13.2 Å². The summed E-state index contributed by atoms with van der Waals surface area (Å²) in [6, 6.07) is 0. The zero-order valence-corrected chi connectivity index (χ0v) is 52.6. The van der Waals surface area contributed by atoms with Crippen molar-refractivity contribution < 1.29 is 28.6 Å². The molecule has 1 unspecified atom stereocenters. The maximum Gasteiger partial charge on any atom is 0.306 e. The molecule has 6 nitrogen and oxygen atoms in total. The van der Waals surface area contributed by atoms with Gasteiger partial charge in [-0.25, -0.2) is 0 Å². The van der Waals surface area contributed by atoms with Crippen LogP contribution in [0.3, 0.4) is 0 Å². The number of unbranched alkanes of at least 4 members (excludes halogenated alkanes) is 32. The van der Waals surface area contributed by atoms with Gasteiger partial charge >= 0.3 is 17.9 Å². The molecule has 0 aliphatic heterocycles. The smallest absolute Gasteiger partial charge is 0.306 e. The summed E-state index contributed by atoms with van der Waals surface area (Å²) in [5, 5.41) is 0. The number of ether oxygens (including phenoxy) is 3. The first-order chi connectivity index (χ1) is 39.5. The molecule has 0 saturated carbocycles. The number of carbonyl (C=O) groups excluding carboxylic acids is 3. The van der Waals surface area contributed by atoms with E-state index in [9.17, 15) is 14.4 Å². The molecule has 0 rings (SSSR count). The van der Waals surface area contributed by atoms with E-state index >= 15 is 0 Å². The number of carbonyl (C=O) groups is 3. The Kier molecular flexibility index (Phi) is 64.3. The van der Waals surface area contributed by atoms with Crippen molar-refractivity contribution in [2.24, 2.45) is 0 Å². The van der Waals surface area contributed by atoms with Crippen LogP contribution >= 0.6 is 0 Å². The van der Waals surface area contributed by atoms with Crippen molar-refractivity contribution in [1.82, 2.24) is 0 Å². The molecule has 0 aromatic rings. The van der Waals surface area contributed by atoms with E-state index in [-0.39, 0.29) is 31.1 Å². The Hall–Kier alpha value is -3.93. The van der Waals surface area contributed by atoms with Gasteiger partial charge in [-0.1, -0.05) is 291 Å². The summed E-state index contributed by atoms with van der Waals surface area (Å²) in [4.78, 5) is 38.4. The molecule has 0 saturated heterocycles. The first-order valence-electron chi connectivity index (χ1n) is 33.9. The van der Waals surface area contributed by atoms with Gasteiger partial charge in [0.1, 0.15) is 13.2 Å². The number of esters is 3. The Morgan fingerprint density at radius 1 is 0.263 bits per heavy atom. The molecule has 0 heterocycles. The van der Waals surface area contributed by atoms with Crippen molar-refractivity contribution in [1.29, 1.82) is 0 Å². The fourth-order valence-electron chi connectivity index (χ4n) is 9.40. The predicted octanol–water partition coefficient (Wildman–Crippen LogP) is 23.4. The molecule has 0 amide bonds. The third-order valence-electron chi connectivity index (χ3n) is 14.5. The van der Waals surface area contributed by atoms with Crippen molar-refractivity contribution in [3.63, 3.8) is 0 Å². The molecule has 0 aromatic carbocycles.